The summed E-state index contributed by atoms with van der Waals surface area (Å²) < 4.78 is 5.44. The van der Waals surface area contributed by atoms with Crippen molar-refractivity contribution in [2.75, 3.05) is 47.9 Å². The molecule has 1 atom stereocenters. The molecule has 1 saturated carbocycles. The summed E-state index contributed by atoms with van der Waals surface area (Å²) in [7, 11) is 7.93. The normalized spacial score (nSPS) is 21.4. The highest BCUT2D eigenvalue weighted by Crippen LogP contribution is 2.55. The molecule has 1 unspecified atom stereocenters. The van der Waals surface area contributed by atoms with Crippen LogP contribution in [0.4, 0.5) is 0 Å². The van der Waals surface area contributed by atoms with Gasteiger partial charge in [-0.3, -0.25) is 9.69 Å². The van der Waals surface area contributed by atoms with Crippen LogP contribution in [0.1, 0.15) is 36.6 Å². The first-order valence-corrected chi connectivity index (χ1v) is 10.3. The first-order chi connectivity index (χ1) is 13.5. The van der Waals surface area contributed by atoms with Crippen molar-refractivity contribution in [1.29, 1.82) is 0 Å². The summed E-state index contributed by atoms with van der Waals surface area (Å²) in [5.41, 5.74) is 3.37. The van der Waals surface area contributed by atoms with Crippen LogP contribution in [-0.4, -0.2) is 68.6 Å². The monoisotopic (exact) mass is 384 g/mol. The zero-order valence-corrected chi connectivity index (χ0v) is 17.5. The second kappa shape index (κ2) is 7.41. The highest BCUT2D eigenvalue weighted by Gasteiger charge is 2.54. The number of hydrogen-bond acceptors (Lipinski definition) is 4. The molecule has 0 radical (unpaired) electrons. The standard InChI is InChI=1S/C22H32N4O2/c1-25(2)13-11-23-21(27)22(9-5-10-22)20-19-16(8-12-26(20)3)17-14-15(28-4)6-7-18(17)24-19/h6-7,14,20,24H,5,8-13H2,1-4H3,(H,23,27). The molecular formula is C22H32N4O2. The average Bonchev–Trinajstić information content (AvgIpc) is 2.99. The number of rotatable bonds is 6. The Morgan fingerprint density at radius 2 is 2.18 bits per heavy atom. The fourth-order valence-corrected chi connectivity index (χ4v) is 4.96. The van der Waals surface area contributed by atoms with Gasteiger partial charge in [0, 0.05) is 36.2 Å². The van der Waals surface area contributed by atoms with Gasteiger partial charge in [-0.05, 0) is 64.2 Å². The zero-order valence-electron chi connectivity index (χ0n) is 17.5. The second-order valence-electron chi connectivity index (χ2n) is 8.63. The van der Waals surface area contributed by atoms with Crippen LogP contribution in [-0.2, 0) is 11.2 Å². The summed E-state index contributed by atoms with van der Waals surface area (Å²) in [4.78, 5) is 21.4. The smallest absolute Gasteiger partial charge is 0.228 e. The van der Waals surface area contributed by atoms with Crippen LogP contribution >= 0.6 is 0 Å². The number of nitrogens with one attached hydrogen (secondary N) is 2. The van der Waals surface area contributed by atoms with E-state index < -0.39 is 0 Å². The van der Waals surface area contributed by atoms with Crippen molar-refractivity contribution in [2.45, 2.75) is 31.7 Å². The number of carbonyl (C=O) groups excluding carboxylic acids is 1. The van der Waals surface area contributed by atoms with Crippen LogP contribution in [0.5, 0.6) is 5.75 Å². The van der Waals surface area contributed by atoms with Crippen molar-refractivity contribution in [3.63, 3.8) is 0 Å². The van der Waals surface area contributed by atoms with Crippen LogP contribution in [0, 0.1) is 5.41 Å². The lowest BCUT2D eigenvalue weighted by molar-refractivity contribution is -0.143. The molecule has 0 spiro atoms. The maximum Gasteiger partial charge on any atom is 0.228 e. The van der Waals surface area contributed by atoms with E-state index in [1.807, 2.05) is 20.2 Å². The molecule has 6 nitrogen and oxygen atoms in total. The molecule has 0 bridgehead atoms. The quantitative estimate of drug-likeness (QED) is 0.804. The summed E-state index contributed by atoms with van der Waals surface area (Å²) in [6, 6.07) is 6.31. The van der Waals surface area contributed by atoms with Gasteiger partial charge in [-0.2, -0.15) is 0 Å². The van der Waals surface area contributed by atoms with Crippen LogP contribution in [0.25, 0.3) is 10.9 Å². The number of likely N-dealkylation sites (N-methyl/N-ethyl adjacent to an activating group) is 2. The molecule has 1 amide bonds. The predicted octanol–water partition coefficient (Wildman–Crippen LogP) is 2.55. The molecule has 2 heterocycles. The summed E-state index contributed by atoms with van der Waals surface area (Å²) in [6.07, 6.45) is 4.02. The van der Waals surface area contributed by atoms with Gasteiger partial charge in [0.1, 0.15) is 5.75 Å². The number of nitrogens with zero attached hydrogens (tertiary/aromatic N) is 2. The lowest BCUT2D eigenvalue weighted by Gasteiger charge is -2.51. The minimum atomic E-state index is -0.332. The van der Waals surface area contributed by atoms with Gasteiger partial charge in [0.2, 0.25) is 5.91 Å². The minimum Gasteiger partial charge on any atom is -0.497 e. The predicted molar refractivity (Wildman–Crippen MR) is 112 cm³/mol. The molecule has 2 aliphatic rings. The number of amides is 1. The Labute approximate surface area is 167 Å². The van der Waals surface area contributed by atoms with E-state index in [1.54, 1.807) is 7.11 Å². The van der Waals surface area contributed by atoms with E-state index in [1.165, 1.54) is 16.6 Å². The Bertz CT molecular complexity index is 869. The number of hydrogen-bond donors (Lipinski definition) is 2. The van der Waals surface area contributed by atoms with Gasteiger partial charge < -0.3 is 19.9 Å². The Kier molecular flexibility index (Phi) is 5.10. The molecule has 2 N–H and O–H groups in total. The number of fused-ring (bicyclic) bond motifs is 3. The van der Waals surface area contributed by atoms with Gasteiger partial charge in [-0.1, -0.05) is 6.42 Å². The van der Waals surface area contributed by atoms with Crippen molar-refractivity contribution in [3.8, 4) is 5.75 Å². The maximum atomic E-state index is 13.3. The molecule has 0 saturated heterocycles. The Balaban J connectivity index is 1.70. The summed E-state index contributed by atoms with van der Waals surface area (Å²) >= 11 is 0. The molecular weight excluding hydrogens is 352 g/mol. The number of H-pyrrole nitrogens is 1. The fraction of sp³-hybridized carbons (Fsp3) is 0.591. The van der Waals surface area contributed by atoms with Crippen molar-refractivity contribution >= 4 is 16.8 Å². The van der Waals surface area contributed by atoms with Crippen molar-refractivity contribution in [1.82, 2.24) is 20.1 Å². The number of aromatic nitrogens is 1. The maximum absolute atomic E-state index is 13.3. The lowest BCUT2D eigenvalue weighted by Crippen LogP contribution is -2.55. The third-order valence-electron chi connectivity index (χ3n) is 6.64. The number of aromatic amines is 1. The number of carbonyl (C=O) groups is 1. The Morgan fingerprint density at radius 3 is 2.82 bits per heavy atom. The molecule has 1 fully saturated rings. The molecule has 4 rings (SSSR count). The molecule has 28 heavy (non-hydrogen) atoms. The highest BCUT2D eigenvalue weighted by atomic mass is 16.5. The van der Waals surface area contributed by atoms with Gasteiger partial charge >= 0.3 is 0 Å². The van der Waals surface area contributed by atoms with Crippen LogP contribution in [0.3, 0.4) is 0 Å². The van der Waals surface area contributed by atoms with Crippen molar-refractivity contribution in [3.05, 3.63) is 29.5 Å². The van der Waals surface area contributed by atoms with E-state index >= 15 is 0 Å². The topological polar surface area (TPSA) is 60.6 Å². The van der Waals surface area contributed by atoms with Crippen molar-refractivity contribution in [2.24, 2.45) is 5.41 Å². The number of methoxy groups -OCH3 is 1. The first kappa shape index (κ1) is 19.3. The average molecular weight is 385 g/mol. The van der Waals surface area contributed by atoms with Crippen LogP contribution < -0.4 is 10.1 Å². The van der Waals surface area contributed by atoms with E-state index in [4.69, 9.17) is 4.74 Å². The van der Waals surface area contributed by atoms with Gasteiger partial charge in [-0.15, -0.1) is 0 Å². The van der Waals surface area contributed by atoms with E-state index in [2.05, 4.69) is 39.3 Å². The number of benzene rings is 1. The van der Waals surface area contributed by atoms with E-state index in [-0.39, 0.29) is 17.4 Å². The van der Waals surface area contributed by atoms with E-state index in [0.717, 1.165) is 50.0 Å². The van der Waals surface area contributed by atoms with Gasteiger partial charge in [0.15, 0.2) is 0 Å². The SMILES string of the molecule is COc1ccc2[nH]c3c(c2c1)CCN(C)C3C1(C(=O)NCCN(C)C)CCC1. The molecule has 6 heteroatoms. The fourth-order valence-electron chi connectivity index (χ4n) is 4.96. The molecule has 1 aromatic heterocycles. The van der Waals surface area contributed by atoms with Gasteiger partial charge in [-0.25, -0.2) is 0 Å². The number of ether oxygens (including phenoxy) is 1. The molecule has 1 aliphatic carbocycles. The summed E-state index contributed by atoms with van der Waals surface area (Å²) in [5.74, 6) is 1.09. The first-order valence-electron chi connectivity index (χ1n) is 10.3. The third kappa shape index (κ3) is 3.08. The van der Waals surface area contributed by atoms with Crippen LogP contribution in [0.15, 0.2) is 18.2 Å². The molecule has 152 valence electrons. The van der Waals surface area contributed by atoms with Gasteiger partial charge in [0.25, 0.3) is 0 Å². The molecule has 1 aliphatic heterocycles. The van der Waals surface area contributed by atoms with Crippen LogP contribution in [0.2, 0.25) is 0 Å². The molecule has 2 aromatic rings. The summed E-state index contributed by atoms with van der Waals surface area (Å²) in [6.45, 7) is 2.52. The second-order valence-corrected chi connectivity index (χ2v) is 8.63. The summed E-state index contributed by atoms with van der Waals surface area (Å²) in [5, 5.41) is 4.45. The van der Waals surface area contributed by atoms with Gasteiger partial charge in [0.05, 0.1) is 18.6 Å². The molecule has 1 aromatic carbocycles. The Morgan fingerprint density at radius 1 is 1.39 bits per heavy atom. The highest BCUT2D eigenvalue weighted by molar-refractivity contribution is 5.88. The van der Waals surface area contributed by atoms with E-state index in [9.17, 15) is 4.79 Å². The third-order valence-corrected chi connectivity index (χ3v) is 6.64. The zero-order chi connectivity index (χ0) is 19.9. The largest absolute Gasteiger partial charge is 0.497 e. The van der Waals surface area contributed by atoms with Crippen molar-refractivity contribution < 1.29 is 9.53 Å². The van der Waals surface area contributed by atoms with E-state index in [0.29, 0.717) is 6.54 Å². The Hall–Kier alpha value is -2.05. The minimum absolute atomic E-state index is 0.0998. The lowest BCUT2D eigenvalue weighted by atomic mass is 9.61.